The summed E-state index contributed by atoms with van der Waals surface area (Å²) in [5.74, 6) is -1.08. The lowest BCUT2D eigenvalue weighted by molar-refractivity contribution is -0.117. The van der Waals surface area contributed by atoms with Crippen LogP contribution in [0.4, 0.5) is 13.2 Å². The summed E-state index contributed by atoms with van der Waals surface area (Å²) in [5.41, 5.74) is 0.491. The molecule has 1 N–H and O–H groups in total. The summed E-state index contributed by atoms with van der Waals surface area (Å²) in [4.78, 5) is 9.08. The zero-order valence-corrected chi connectivity index (χ0v) is 23.0. The number of alkyl halides is 3. The van der Waals surface area contributed by atoms with Gasteiger partial charge in [0.25, 0.3) is 0 Å². The Morgan fingerprint density at radius 3 is 1.97 bits per heavy atom. The van der Waals surface area contributed by atoms with Gasteiger partial charge in [-0.05, 0) is 36.6 Å². The standard InChI is InChI=1S/C25H40F3O6PS/c1-3-4-5-6-7-8-9-10-11-12-20-36(31,32)21-19-33-23-16-13-22(14-17-23)15-18-24(25(26,27)28)34-35(2,29)30/h13-14,16-18H,3-12,15,19-21H2,1-2H3,(H,29,30)/b24-18-. The SMILES string of the molecule is CCCCCCCCCCCCS(=O)(=O)CCOc1ccc(C/C=C(\OP(C)(=O)O)C(F)(F)F)cc1. The largest absolute Gasteiger partial charge is 0.493 e. The molecule has 0 aromatic heterocycles. The summed E-state index contributed by atoms with van der Waals surface area (Å²) in [6.45, 7) is 2.87. The first-order valence-corrected chi connectivity index (χ1v) is 16.4. The molecule has 0 aliphatic carbocycles. The second-order valence-corrected chi connectivity index (χ2v) is 13.1. The van der Waals surface area contributed by atoms with Crippen LogP contribution >= 0.6 is 7.60 Å². The maximum Gasteiger partial charge on any atom is 0.449 e. The smallest absolute Gasteiger partial charge is 0.449 e. The molecule has 1 unspecified atom stereocenters. The zero-order chi connectivity index (χ0) is 27.1. The third-order valence-electron chi connectivity index (χ3n) is 5.47. The molecule has 0 fully saturated rings. The number of sulfone groups is 1. The van der Waals surface area contributed by atoms with Gasteiger partial charge in [-0.1, -0.05) is 76.8 Å². The maximum atomic E-state index is 13.0. The zero-order valence-electron chi connectivity index (χ0n) is 21.3. The third-order valence-corrected chi connectivity index (χ3v) is 7.70. The Morgan fingerprint density at radius 2 is 1.47 bits per heavy atom. The molecule has 0 radical (unpaired) electrons. The first kappa shape index (κ1) is 32.5. The van der Waals surface area contributed by atoms with Gasteiger partial charge >= 0.3 is 13.8 Å². The molecular weight excluding hydrogens is 516 g/mol. The quantitative estimate of drug-likeness (QED) is 0.110. The van der Waals surface area contributed by atoms with Crippen molar-refractivity contribution in [3.8, 4) is 5.75 Å². The Morgan fingerprint density at radius 1 is 0.944 bits per heavy atom. The van der Waals surface area contributed by atoms with Gasteiger partial charge in [0.15, 0.2) is 9.84 Å². The lowest BCUT2D eigenvalue weighted by Gasteiger charge is -2.15. The van der Waals surface area contributed by atoms with Crippen molar-refractivity contribution in [3.05, 3.63) is 41.7 Å². The number of allylic oxidation sites excluding steroid dienone is 2. The predicted octanol–water partition coefficient (Wildman–Crippen LogP) is 7.22. The molecule has 1 aromatic carbocycles. The number of unbranched alkanes of at least 4 members (excludes halogenated alkanes) is 9. The van der Waals surface area contributed by atoms with Gasteiger partial charge in [-0.15, -0.1) is 0 Å². The summed E-state index contributed by atoms with van der Waals surface area (Å²) in [5, 5.41) is 0. The van der Waals surface area contributed by atoms with Gasteiger partial charge in [-0.3, -0.25) is 0 Å². The number of hydrogen-bond donors (Lipinski definition) is 1. The molecule has 0 heterocycles. The van der Waals surface area contributed by atoms with Crippen LogP contribution in [-0.2, 0) is 25.3 Å². The molecule has 0 bridgehead atoms. The van der Waals surface area contributed by atoms with Crippen LogP contribution in [0.1, 0.15) is 76.7 Å². The van der Waals surface area contributed by atoms with E-state index in [0.717, 1.165) is 19.3 Å². The summed E-state index contributed by atoms with van der Waals surface area (Å²) in [6, 6.07) is 6.12. The van der Waals surface area contributed by atoms with Crippen LogP contribution in [0.15, 0.2) is 36.1 Å². The Balaban J connectivity index is 2.33. The molecule has 0 saturated carbocycles. The van der Waals surface area contributed by atoms with Gasteiger partial charge in [0.2, 0.25) is 5.76 Å². The van der Waals surface area contributed by atoms with Crippen LogP contribution in [0.3, 0.4) is 0 Å². The molecule has 1 rings (SSSR count). The Bertz CT molecular complexity index is 924. The highest BCUT2D eigenvalue weighted by Gasteiger charge is 2.38. The molecule has 6 nitrogen and oxygen atoms in total. The van der Waals surface area contributed by atoms with Crippen molar-refractivity contribution in [1.29, 1.82) is 0 Å². The van der Waals surface area contributed by atoms with Crippen molar-refractivity contribution in [1.82, 2.24) is 0 Å². The highest BCUT2D eigenvalue weighted by molar-refractivity contribution is 7.91. The van der Waals surface area contributed by atoms with E-state index in [2.05, 4.69) is 11.4 Å². The molecule has 0 saturated heterocycles. The molecule has 1 aromatic rings. The minimum Gasteiger partial charge on any atom is -0.493 e. The monoisotopic (exact) mass is 556 g/mol. The summed E-state index contributed by atoms with van der Waals surface area (Å²) in [7, 11) is -7.56. The molecule has 0 aliphatic rings. The molecule has 36 heavy (non-hydrogen) atoms. The second-order valence-electron chi connectivity index (χ2n) is 8.99. The lowest BCUT2D eigenvalue weighted by Crippen LogP contribution is -2.17. The van der Waals surface area contributed by atoms with Crippen LogP contribution in [0.2, 0.25) is 0 Å². The topological polar surface area (TPSA) is 89.9 Å². The van der Waals surface area contributed by atoms with Crippen LogP contribution < -0.4 is 4.74 Å². The fraction of sp³-hybridized carbons (Fsp3) is 0.680. The van der Waals surface area contributed by atoms with Crippen molar-refractivity contribution in [3.63, 3.8) is 0 Å². The van der Waals surface area contributed by atoms with Gasteiger partial charge in [0.1, 0.15) is 12.4 Å². The Labute approximate surface area is 213 Å². The minimum atomic E-state index is -4.89. The van der Waals surface area contributed by atoms with Gasteiger partial charge in [-0.2, -0.15) is 13.2 Å². The fourth-order valence-electron chi connectivity index (χ4n) is 3.52. The van der Waals surface area contributed by atoms with Crippen molar-refractivity contribution in [2.75, 3.05) is 24.8 Å². The van der Waals surface area contributed by atoms with Crippen LogP contribution in [0.25, 0.3) is 0 Å². The van der Waals surface area contributed by atoms with Gasteiger partial charge < -0.3 is 14.2 Å². The van der Waals surface area contributed by atoms with E-state index >= 15 is 0 Å². The summed E-state index contributed by atoms with van der Waals surface area (Å²) < 4.78 is 84.1. The van der Waals surface area contributed by atoms with E-state index in [0.29, 0.717) is 30.5 Å². The Kier molecular flexibility index (Phi) is 14.8. The average molecular weight is 557 g/mol. The van der Waals surface area contributed by atoms with E-state index in [4.69, 9.17) is 9.63 Å². The lowest BCUT2D eigenvalue weighted by atomic mass is 10.1. The van der Waals surface area contributed by atoms with Crippen LogP contribution in [0.5, 0.6) is 5.75 Å². The highest BCUT2D eigenvalue weighted by Crippen LogP contribution is 2.44. The maximum absolute atomic E-state index is 13.0. The van der Waals surface area contributed by atoms with Crippen molar-refractivity contribution < 1.29 is 40.3 Å². The molecule has 11 heteroatoms. The van der Waals surface area contributed by atoms with Gasteiger partial charge in [0.05, 0.1) is 11.5 Å². The van der Waals surface area contributed by atoms with Crippen LogP contribution in [0, 0.1) is 0 Å². The normalized spacial score (nSPS) is 14.4. The minimum absolute atomic E-state index is 0.00626. The molecule has 0 aliphatic heterocycles. The fourth-order valence-corrected chi connectivity index (χ4v) is 5.25. The van der Waals surface area contributed by atoms with E-state index in [1.807, 2.05) is 0 Å². The van der Waals surface area contributed by atoms with Crippen molar-refractivity contribution >= 4 is 17.4 Å². The first-order chi connectivity index (χ1) is 16.8. The van der Waals surface area contributed by atoms with E-state index in [1.54, 1.807) is 0 Å². The van der Waals surface area contributed by atoms with Crippen molar-refractivity contribution in [2.45, 2.75) is 83.7 Å². The van der Waals surface area contributed by atoms with Crippen LogP contribution in [-0.4, -0.2) is 44.3 Å². The highest BCUT2D eigenvalue weighted by atomic mass is 32.2. The number of rotatable bonds is 19. The third kappa shape index (κ3) is 16.3. The van der Waals surface area contributed by atoms with E-state index < -0.39 is 29.4 Å². The number of benzene rings is 1. The van der Waals surface area contributed by atoms with E-state index in [-0.39, 0.29) is 24.5 Å². The van der Waals surface area contributed by atoms with Crippen molar-refractivity contribution in [2.24, 2.45) is 0 Å². The molecule has 0 spiro atoms. The number of halogens is 3. The van der Waals surface area contributed by atoms with E-state index in [1.165, 1.54) is 62.8 Å². The predicted molar refractivity (Wildman–Crippen MR) is 137 cm³/mol. The molecule has 1 atom stereocenters. The summed E-state index contributed by atoms with van der Waals surface area (Å²) in [6.07, 6.45) is 6.95. The molecule has 208 valence electrons. The van der Waals surface area contributed by atoms with Gasteiger partial charge in [-0.25, -0.2) is 13.0 Å². The second kappa shape index (κ2) is 16.4. The Hall–Kier alpha value is -1.51. The molecule has 0 amide bonds. The first-order valence-electron chi connectivity index (χ1n) is 12.5. The number of ether oxygens (including phenoxy) is 1. The average Bonchev–Trinajstić information content (AvgIpc) is 2.77. The van der Waals surface area contributed by atoms with Gasteiger partial charge in [0, 0.05) is 6.66 Å². The van der Waals surface area contributed by atoms with E-state index in [9.17, 15) is 26.2 Å². The summed E-state index contributed by atoms with van der Waals surface area (Å²) >= 11 is 0. The number of hydrogen-bond acceptors (Lipinski definition) is 5. The molecular formula is C25H40F3O6PS.